The summed E-state index contributed by atoms with van der Waals surface area (Å²) < 4.78 is 5.60. The van der Waals surface area contributed by atoms with Crippen LogP contribution < -0.4 is 10.6 Å². The number of amides is 2. The van der Waals surface area contributed by atoms with Gasteiger partial charge < -0.3 is 20.5 Å². The molecule has 0 heterocycles. The lowest BCUT2D eigenvalue weighted by molar-refractivity contribution is -0.141. The largest absolute Gasteiger partial charge is 0.481 e. The lowest BCUT2D eigenvalue weighted by atomic mass is 9.86. The number of hydrogen-bond donors (Lipinski definition) is 3. The van der Waals surface area contributed by atoms with Crippen LogP contribution in [0.2, 0.25) is 0 Å². The van der Waals surface area contributed by atoms with Crippen molar-refractivity contribution in [3.8, 4) is 11.1 Å². The van der Waals surface area contributed by atoms with Crippen LogP contribution in [0.5, 0.6) is 0 Å². The summed E-state index contributed by atoms with van der Waals surface area (Å²) in [6.07, 6.45) is 0.368. The molecule has 2 amide bonds. The van der Waals surface area contributed by atoms with E-state index in [0.717, 1.165) is 22.3 Å². The molecule has 1 aliphatic rings. The van der Waals surface area contributed by atoms with Crippen LogP contribution in [-0.2, 0) is 14.3 Å². The molecule has 0 bridgehead atoms. The molecule has 0 fully saturated rings. The summed E-state index contributed by atoms with van der Waals surface area (Å²) in [6, 6.07) is 15.4. The van der Waals surface area contributed by atoms with Crippen LogP contribution in [0.25, 0.3) is 11.1 Å². The molecule has 182 valence electrons. The van der Waals surface area contributed by atoms with Gasteiger partial charge in [0.15, 0.2) is 0 Å². The number of fused-ring (bicyclic) bond motifs is 3. The third kappa shape index (κ3) is 5.95. The van der Waals surface area contributed by atoms with Crippen LogP contribution in [0.4, 0.5) is 4.79 Å². The first-order valence-electron chi connectivity index (χ1n) is 11.7. The fourth-order valence-corrected chi connectivity index (χ4v) is 4.28. The van der Waals surface area contributed by atoms with Gasteiger partial charge in [-0.05, 0) is 40.5 Å². The van der Waals surface area contributed by atoms with E-state index in [1.165, 1.54) is 0 Å². The van der Waals surface area contributed by atoms with Crippen molar-refractivity contribution in [2.24, 2.45) is 11.3 Å². The van der Waals surface area contributed by atoms with E-state index in [1.807, 2.05) is 45.0 Å². The third-order valence-corrected chi connectivity index (χ3v) is 6.27. The normalized spacial score (nSPS) is 14.5. The van der Waals surface area contributed by atoms with Crippen molar-refractivity contribution in [3.63, 3.8) is 0 Å². The van der Waals surface area contributed by atoms with Crippen molar-refractivity contribution in [2.75, 3.05) is 13.2 Å². The van der Waals surface area contributed by atoms with E-state index in [-0.39, 0.29) is 18.4 Å². The molecular weight excluding hydrogens is 432 g/mol. The van der Waals surface area contributed by atoms with Gasteiger partial charge in [-0.1, -0.05) is 76.2 Å². The van der Waals surface area contributed by atoms with Gasteiger partial charge >= 0.3 is 12.1 Å². The fraction of sp³-hybridized carbons (Fsp3) is 0.444. The smallest absolute Gasteiger partial charge is 0.407 e. The molecule has 2 aromatic carbocycles. The Balaban J connectivity index is 1.58. The number of alkyl carbamates (subject to hydrolysis) is 1. The lowest BCUT2D eigenvalue weighted by Crippen LogP contribution is -2.54. The van der Waals surface area contributed by atoms with E-state index in [4.69, 9.17) is 9.84 Å². The molecule has 0 radical (unpaired) electrons. The van der Waals surface area contributed by atoms with Gasteiger partial charge in [0, 0.05) is 12.5 Å². The molecule has 0 aliphatic heterocycles. The zero-order valence-corrected chi connectivity index (χ0v) is 20.3. The Morgan fingerprint density at radius 1 is 1.00 bits per heavy atom. The van der Waals surface area contributed by atoms with Gasteiger partial charge in [-0.3, -0.25) is 9.59 Å². The quantitative estimate of drug-likeness (QED) is 0.470. The maximum absolute atomic E-state index is 12.8. The topological polar surface area (TPSA) is 105 Å². The molecule has 0 spiro atoms. The van der Waals surface area contributed by atoms with E-state index in [1.54, 1.807) is 6.92 Å². The summed E-state index contributed by atoms with van der Waals surface area (Å²) in [5.41, 5.74) is 4.01. The average Bonchev–Trinajstić information content (AvgIpc) is 3.11. The highest BCUT2D eigenvalue weighted by atomic mass is 16.5. The summed E-state index contributed by atoms with van der Waals surface area (Å²) in [6.45, 7) is 7.76. The first kappa shape index (κ1) is 25.3. The molecule has 1 aliphatic carbocycles. The first-order valence-corrected chi connectivity index (χ1v) is 11.7. The monoisotopic (exact) mass is 466 g/mol. The lowest BCUT2D eigenvalue weighted by Gasteiger charge is -2.30. The van der Waals surface area contributed by atoms with E-state index in [0.29, 0.717) is 19.4 Å². The number of ether oxygens (including phenoxy) is 1. The van der Waals surface area contributed by atoms with Crippen molar-refractivity contribution in [3.05, 3.63) is 59.7 Å². The number of carboxylic acid groups (broad SMARTS) is 1. The molecule has 7 heteroatoms. The molecule has 2 atom stereocenters. The molecular formula is C27H34N2O5. The molecule has 0 saturated carbocycles. The van der Waals surface area contributed by atoms with Gasteiger partial charge in [0.25, 0.3) is 0 Å². The number of carbonyl (C=O) groups is 3. The maximum Gasteiger partial charge on any atom is 0.407 e. The molecule has 3 N–H and O–H groups in total. The number of carboxylic acids is 1. The number of nitrogens with one attached hydrogen (secondary N) is 2. The number of hydrogen-bond acceptors (Lipinski definition) is 4. The highest BCUT2D eigenvalue weighted by Gasteiger charge is 2.34. The molecule has 2 aromatic rings. The minimum Gasteiger partial charge on any atom is -0.481 e. The van der Waals surface area contributed by atoms with Crippen LogP contribution in [-0.4, -0.2) is 42.3 Å². The van der Waals surface area contributed by atoms with Gasteiger partial charge in [0.2, 0.25) is 5.91 Å². The zero-order chi connectivity index (χ0) is 24.9. The zero-order valence-electron chi connectivity index (χ0n) is 20.3. The predicted octanol–water partition coefficient (Wildman–Crippen LogP) is 4.56. The predicted molar refractivity (Wildman–Crippen MR) is 130 cm³/mol. The summed E-state index contributed by atoms with van der Waals surface area (Å²) in [7, 11) is 0. The van der Waals surface area contributed by atoms with E-state index >= 15 is 0 Å². The Hall–Kier alpha value is -3.35. The molecule has 7 nitrogen and oxygen atoms in total. The van der Waals surface area contributed by atoms with Crippen LogP contribution in [0.3, 0.4) is 0 Å². The minimum atomic E-state index is -0.851. The Labute approximate surface area is 200 Å². The van der Waals surface area contributed by atoms with E-state index in [9.17, 15) is 14.4 Å². The van der Waals surface area contributed by atoms with Crippen LogP contribution >= 0.6 is 0 Å². The Kier molecular flexibility index (Phi) is 7.97. The van der Waals surface area contributed by atoms with Crippen LogP contribution in [0, 0.1) is 11.3 Å². The van der Waals surface area contributed by atoms with Gasteiger partial charge in [-0.15, -0.1) is 0 Å². The second kappa shape index (κ2) is 10.7. The summed E-state index contributed by atoms with van der Waals surface area (Å²) in [4.78, 5) is 36.4. The molecule has 0 saturated heterocycles. The van der Waals surface area contributed by atoms with Gasteiger partial charge in [-0.25, -0.2) is 4.79 Å². The van der Waals surface area contributed by atoms with Crippen molar-refractivity contribution in [1.29, 1.82) is 0 Å². The standard InChI is InChI=1S/C27H34N2O5/c1-17(25(31)32)10-9-15-28-24(30)23(27(2,3)4)29-26(33)34-16-22-20-13-7-5-11-18(20)19-12-6-8-14-21(19)22/h5-8,11-14,17,22-23H,9-10,15-16H2,1-4H3,(H,28,30)(H,29,33)(H,31,32)/t17?,23-/m1/s1. The van der Waals surface area contributed by atoms with Crippen molar-refractivity contribution in [2.45, 2.75) is 52.5 Å². The number of benzene rings is 2. The number of carbonyl (C=O) groups excluding carboxylic acids is 2. The highest BCUT2D eigenvalue weighted by molar-refractivity contribution is 5.86. The molecule has 3 rings (SSSR count). The number of aliphatic carboxylic acids is 1. The van der Waals surface area contributed by atoms with Crippen molar-refractivity contribution < 1.29 is 24.2 Å². The number of rotatable bonds is 9. The third-order valence-electron chi connectivity index (χ3n) is 6.27. The first-order chi connectivity index (χ1) is 16.1. The molecule has 34 heavy (non-hydrogen) atoms. The highest BCUT2D eigenvalue weighted by Crippen LogP contribution is 2.44. The maximum atomic E-state index is 12.8. The molecule has 1 unspecified atom stereocenters. The van der Waals surface area contributed by atoms with E-state index in [2.05, 4.69) is 34.9 Å². The Morgan fingerprint density at radius 3 is 2.09 bits per heavy atom. The summed E-state index contributed by atoms with van der Waals surface area (Å²) in [5, 5.41) is 14.5. The second-order valence-corrected chi connectivity index (χ2v) is 9.94. The van der Waals surface area contributed by atoms with Crippen LogP contribution in [0.1, 0.15) is 57.6 Å². The van der Waals surface area contributed by atoms with Crippen molar-refractivity contribution in [1.82, 2.24) is 10.6 Å². The van der Waals surface area contributed by atoms with Gasteiger partial charge in [0.05, 0.1) is 5.92 Å². The average molecular weight is 467 g/mol. The molecule has 0 aromatic heterocycles. The van der Waals surface area contributed by atoms with Crippen molar-refractivity contribution >= 4 is 18.0 Å². The summed E-state index contributed by atoms with van der Waals surface area (Å²) >= 11 is 0. The van der Waals surface area contributed by atoms with Crippen LogP contribution in [0.15, 0.2) is 48.5 Å². The van der Waals surface area contributed by atoms with E-state index < -0.39 is 29.4 Å². The van der Waals surface area contributed by atoms with Gasteiger partial charge in [0.1, 0.15) is 12.6 Å². The second-order valence-electron chi connectivity index (χ2n) is 9.94. The Morgan fingerprint density at radius 2 is 1.56 bits per heavy atom. The minimum absolute atomic E-state index is 0.0590. The van der Waals surface area contributed by atoms with Gasteiger partial charge in [-0.2, -0.15) is 0 Å². The summed E-state index contributed by atoms with van der Waals surface area (Å²) in [5.74, 6) is -1.69. The fourth-order valence-electron chi connectivity index (χ4n) is 4.28. The SMILES string of the molecule is CC(CCCNC(=O)[C@@H](NC(=O)OCC1c2ccccc2-c2ccccc21)C(C)(C)C)C(=O)O. The Bertz CT molecular complexity index is 998.